The van der Waals surface area contributed by atoms with Gasteiger partial charge >= 0.3 is 0 Å². The van der Waals surface area contributed by atoms with Crippen molar-refractivity contribution in [1.82, 2.24) is 0 Å². The van der Waals surface area contributed by atoms with E-state index < -0.39 is 17.7 Å². The minimum Gasteiger partial charge on any atom is -0.507 e. The lowest BCUT2D eigenvalue weighted by Crippen LogP contribution is -2.29. The Morgan fingerprint density at radius 1 is 0.966 bits per heavy atom. The molecule has 4 rings (SSSR count). The minimum atomic E-state index is -0.873. The molecule has 29 heavy (non-hydrogen) atoms. The maximum atomic E-state index is 13.0. The molecule has 0 spiro atoms. The summed E-state index contributed by atoms with van der Waals surface area (Å²) in [6, 6.07) is 16.3. The SMILES string of the molecule is Cc1ccc(N2C(=O)C(=O)/C(=C(\O)c3ccc(Cl)cc3)C2c2ccc(C)o2)cc1. The van der Waals surface area contributed by atoms with Crippen LogP contribution in [-0.4, -0.2) is 16.8 Å². The fourth-order valence-electron chi connectivity index (χ4n) is 3.44. The highest BCUT2D eigenvalue weighted by Gasteiger charge is 2.48. The van der Waals surface area contributed by atoms with Gasteiger partial charge in [0.05, 0.1) is 5.57 Å². The number of amides is 1. The van der Waals surface area contributed by atoms with Gasteiger partial charge in [-0.2, -0.15) is 0 Å². The van der Waals surface area contributed by atoms with Gasteiger partial charge in [0, 0.05) is 16.3 Å². The molecule has 1 amide bonds. The lowest BCUT2D eigenvalue weighted by atomic mass is 9.99. The van der Waals surface area contributed by atoms with E-state index in [0.29, 0.717) is 27.8 Å². The molecule has 1 atom stereocenters. The summed E-state index contributed by atoms with van der Waals surface area (Å²) in [5.74, 6) is -0.715. The van der Waals surface area contributed by atoms with Crippen molar-refractivity contribution >= 4 is 34.7 Å². The molecule has 1 aromatic heterocycles. The number of aryl methyl sites for hydroxylation is 2. The Hall–Kier alpha value is -3.31. The summed E-state index contributed by atoms with van der Waals surface area (Å²) in [6.07, 6.45) is 0. The van der Waals surface area contributed by atoms with Gasteiger partial charge < -0.3 is 9.52 Å². The Labute approximate surface area is 172 Å². The van der Waals surface area contributed by atoms with Crippen molar-refractivity contribution in [2.24, 2.45) is 0 Å². The number of hydrogen-bond donors (Lipinski definition) is 1. The van der Waals surface area contributed by atoms with Gasteiger partial charge in [0.25, 0.3) is 11.7 Å². The second kappa shape index (κ2) is 7.26. The quantitative estimate of drug-likeness (QED) is 0.369. The Morgan fingerprint density at radius 2 is 1.62 bits per heavy atom. The molecule has 1 fully saturated rings. The molecular formula is C23H18ClNO4. The molecule has 1 aliphatic rings. The van der Waals surface area contributed by atoms with Gasteiger partial charge in [0.15, 0.2) is 0 Å². The van der Waals surface area contributed by atoms with Gasteiger partial charge in [0.1, 0.15) is 23.3 Å². The summed E-state index contributed by atoms with van der Waals surface area (Å²) < 4.78 is 5.76. The third-order valence-corrected chi connectivity index (χ3v) is 5.16. The van der Waals surface area contributed by atoms with Gasteiger partial charge in [0.2, 0.25) is 0 Å². The average Bonchev–Trinajstić information content (AvgIpc) is 3.24. The number of hydrogen-bond acceptors (Lipinski definition) is 4. The number of aliphatic hydroxyl groups is 1. The second-order valence-corrected chi connectivity index (χ2v) is 7.40. The molecule has 1 aliphatic heterocycles. The van der Waals surface area contributed by atoms with Crippen LogP contribution in [0, 0.1) is 13.8 Å². The number of aliphatic hydroxyl groups excluding tert-OH is 1. The molecule has 3 aromatic rings. The number of halogens is 1. The largest absolute Gasteiger partial charge is 0.507 e. The second-order valence-electron chi connectivity index (χ2n) is 6.96. The average molecular weight is 408 g/mol. The van der Waals surface area contributed by atoms with Crippen LogP contribution in [0.15, 0.2) is 70.7 Å². The van der Waals surface area contributed by atoms with Crippen LogP contribution in [0.1, 0.15) is 28.7 Å². The molecule has 0 saturated carbocycles. The van der Waals surface area contributed by atoms with E-state index in [9.17, 15) is 14.7 Å². The first-order chi connectivity index (χ1) is 13.9. The predicted octanol–water partition coefficient (Wildman–Crippen LogP) is 5.18. The van der Waals surface area contributed by atoms with Crippen LogP contribution in [-0.2, 0) is 9.59 Å². The summed E-state index contributed by atoms with van der Waals surface area (Å²) in [6.45, 7) is 3.71. The number of carbonyl (C=O) groups is 2. The van der Waals surface area contributed by atoms with E-state index >= 15 is 0 Å². The van der Waals surface area contributed by atoms with Crippen LogP contribution in [0.5, 0.6) is 0 Å². The summed E-state index contributed by atoms with van der Waals surface area (Å²) in [4.78, 5) is 27.3. The van der Waals surface area contributed by atoms with E-state index in [-0.39, 0.29) is 11.3 Å². The van der Waals surface area contributed by atoms with Crippen LogP contribution in [0.4, 0.5) is 5.69 Å². The van der Waals surface area contributed by atoms with Crippen LogP contribution >= 0.6 is 11.6 Å². The molecule has 0 aliphatic carbocycles. The van der Waals surface area contributed by atoms with Crippen molar-refractivity contribution in [3.63, 3.8) is 0 Å². The number of anilines is 1. The normalized spacial score (nSPS) is 18.4. The van der Waals surface area contributed by atoms with Crippen LogP contribution in [0.2, 0.25) is 5.02 Å². The Kier molecular flexibility index (Phi) is 4.76. The zero-order valence-electron chi connectivity index (χ0n) is 15.8. The van der Waals surface area contributed by atoms with E-state index in [0.717, 1.165) is 5.56 Å². The number of nitrogens with zero attached hydrogens (tertiary/aromatic N) is 1. The topological polar surface area (TPSA) is 70.8 Å². The van der Waals surface area contributed by atoms with Crippen LogP contribution < -0.4 is 4.90 Å². The van der Waals surface area contributed by atoms with Crippen molar-refractivity contribution in [1.29, 1.82) is 0 Å². The lowest BCUT2D eigenvalue weighted by Gasteiger charge is -2.23. The van der Waals surface area contributed by atoms with Crippen molar-refractivity contribution in [2.45, 2.75) is 19.9 Å². The van der Waals surface area contributed by atoms with Crippen LogP contribution in [0.3, 0.4) is 0 Å². The van der Waals surface area contributed by atoms with Crippen molar-refractivity contribution in [3.8, 4) is 0 Å². The number of furan rings is 1. The van der Waals surface area contributed by atoms with Crippen molar-refractivity contribution in [3.05, 3.63) is 93.9 Å². The van der Waals surface area contributed by atoms with Crippen molar-refractivity contribution < 1.29 is 19.1 Å². The Morgan fingerprint density at radius 3 is 2.21 bits per heavy atom. The standard InChI is InChI=1S/C23H18ClNO4/c1-13-3-10-17(11-4-13)25-20(18-12-5-14(2)29-18)19(22(27)23(25)28)21(26)15-6-8-16(24)9-7-15/h3-12,20,26H,1-2H3/b21-19-. The first kappa shape index (κ1) is 19.0. The molecule has 5 nitrogen and oxygen atoms in total. The summed E-state index contributed by atoms with van der Waals surface area (Å²) in [5.41, 5.74) is 1.95. The molecule has 1 N–H and O–H groups in total. The maximum Gasteiger partial charge on any atom is 0.300 e. The van der Waals surface area contributed by atoms with Gasteiger partial charge in [-0.15, -0.1) is 0 Å². The molecular weight excluding hydrogens is 390 g/mol. The van der Waals surface area contributed by atoms with E-state index in [1.54, 1.807) is 55.5 Å². The number of rotatable bonds is 3. The first-order valence-corrected chi connectivity index (χ1v) is 9.44. The summed E-state index contributed by atoms with van der Waals surface area (Å²) >= 11 is 5.93. The molecule has 0 bridgehead atoms. The van der Waals surface area contributed by atoms with E-state index in [1.807, 2.05) is 19.1 Å². The highest BCUT2D eigenvalue weighted by molar-refractivity contribution is 6.51. The Balaban J connectivity index is 1.92. The van der Waals surface area contributed by atoms with Gasteiger partial charge in [-0.05, 0) is 62.4 Å². The molecule has 0 radical (unpaired) electrons. The first-order valence-electron chi connectivity index (χ1n) is 9.07. The third-order valence-electron chi connectivity index (χ3n) is 4.90. The smallest absolute Gasteiger partial charge is 0.300 e. The number of benzene rings is 2. The van der Waals surface area contributed by atoms with Crippen LogP contribution in [0.25, 0.3) is 5.76 Å². The fraction of sp³-hybridized carbons (Fsp3) is 0.130. The highest BCUT2D eigenvalue weighted by atomic mass is 35.5. The van der Waals surface area contributed by atoms with Gasteiger partial charge in [-0.3, -0.25) is 14.5 Å². The van der Waals surface area contributed by atoms with Crippen molar-refractivity contribution in [2.75, 3.05) is 4.90 Å². The molecule has 1 saturated heterocycles. The van der Waals surface area contributed by atoms with E-state index in [1.165, 1.54) is 4.90 Å². The zero-order chi connectivity index (χ0) is 20.7. The zero-order valence-corrected chi connectivity index (χ0v) is 16.6. The van der Waals surface area contributed by atoms with Gasteiger partial charge in [-0.1, -0.05) is 29.3 Å². The monoisotopic (exact) mass is 407 g/mol. The molecule has 2 aromatic carbocycles. The van der Waals surface area contributed by atoms with E-state index in [4.69, 9.17) is 16.0 Å². The number of Topliss-reactive ketones (excluding diaryl/α,β-unsaturated/α-hetero) is 1. The molecule has 2 heterocycles. The third kappa shape index (κ3) is 3.34. The summed E-state index contributed by atoms with van der Waals surface area (Å²) in [5, 5.41) is 11.4. The maximum absolute atomic E-state index is 13.0. The highest BCUT2D eigenvalue weighted by Crippen LogP contribution is 2.42. The minimum absolute atomic E-state index is 0.0211. The molecule has 6 heteroatoms. The summed E-state index contributed by atoms with van der Waals surface area (Å²) in [7, 11) is 0. The molecule has 1 unspecified atom stereocenters. The fourth-order valence-corrected chi connectivity index (χ4v) is 3.56. The number of carbonyl (C=O) groups excluding carboxylic acids is 2. The Bertz CT molecular complexity index is 1130. The van der Waals surface area contributed by atoms with E-state index in [2.05, 4.69) is 0 Å². The lowest BCUT2D eigenvalue weighted by molar-refractivity contribution is -0.132. The van der Waals surface area contributed by atoms with Gasteiger partial charge in [-0.25, -0.2) is 0 Å². The molecule has 146 valence electrons. The predicted molar refractivity (Wildman–Crippen MR) is 111 cm³/mol. The number of ketones is 1.